The fourth-order valence-electron chi connectivity index (χ4n) is 2.39. The largest absolute Gasteiger partial charge is 0.480 e. The second kappa shape index (κ2) is 7.56. The van der Waals surface area contributed by atoms with E-state index in [2.05, 4.69) is 5.32 Å². The Kier molecular flexibility index (Phi) is 6.62. The molecule has 1 aliphatic rings. The standard InChI is InChI=1S/C14H28N2O4S/c1-14(2,3)6-8-21(19,20)16-7-4-5-12(11-16)9-15-10-13(17)18/h12,15H,4-11H2,1-3H3,(H,17,18). The molecule has 6 nitrogen and oxygen atoms in total. The first-order chi connectivity index (χ1) is 9.60. The first-order valence-electron chi connectivity index (χ1n) is 7.50. The molecule has 0 radical (unpaired) electrons. The predicted octanol–water partition coefficient (Wildman–Crippen LogP) is 1.14. The zero-order valence-electron chi connectivity index (χ0n) is 13.3. The molecule has 124 valence electrons. The molecule has 1 fully saturated rings. The van der Waals surface area contributed by atoms with E-state index in [9.17, 15) is 13.2 Å². The summed E-state index contributed by atoms with van der Waals surface area (Å²) in [5.74, 6) is -0.505. The molecule has 1 heterocycles. The SMILES string of the molecule is CC(C)(C)CCS(=O)(=O)N1CCCC(CNCC(=O)O)C1. The molecule has 0 amide bonds. The number of rotatable bonds is 7. The second-order valence-corrected chi connectivity index (χ2v) is 9.11. The molecule has 7 heteroatoms. The van der Waals surface area contributed by atoms with E-state index in [0.717, 1.165) is 12.8 Å². The van der Waals surface area contributed by atoms with Gasteiger partial charge in [0.2, 0.25) is 10.0 Å². The van der Waals surface area contributed by atoms with Crippen molar-refractivity contribution in [3.63, 3.8) is 0 Å². The Balaban J connectivity index is 2.48. The van der Waals surface area contributed by atoms with E-state index >= 15 is 0 Å². The lowest BCUT2D eigenvalue weighted by molar-refractivity contribution is -0.136. The van der Waals surface area contributed by atoms with Crippen LogP contribution in [0.25, 0.3) is 0 Å². The van der Waals surface area contributed by atoms with Crippen molar-refractivity contribution in [1.29, 1.82) is 0 Å². The van der Waals surface area contributed by atoms with E-state index in [1.807, 2.05) is 20.8 Å². The molecule has 1 aliphatic heterocycles. The van der Waals surface area contributed by atoms with Gasteiger partial charge in [0.15, 0.2) is 0 Å². The monoisotopic (exact) mass is 320 g/mol. The van der Waals surface area contributed by atoms with E-state index in [1.165, 1.54) is 0 Å². The van der Waals surface area contributed by atoms with Gasteiger partial charge in [-0.25, -0.2) is 12.7 Å². The molecule has 0 aromatic carbocycles. The summed E-state index contributed by atoms with van der Waals surface area (Å²) in [6.45, 7) is 7.68. The number of piperidine rings is 1. The summed E-state index contributed by atoms with van der Waals surface area (Å²) in [4.78, 5) is 10.5. The van der Waals surface area contributed by atoms with Crippen molar-refractivity contribution in [1.82, 2.24) is 9.62 Å². The molecule has 0 aromatic rings. The van der Waals surface area contributed by atoms with Gasteiger partial charge >= 0.3 is 5.97 Å². The maximum Gasteiger partial charge on any atom is 0.317 e. The number of aliphatic carboxylic acids is 1. The van der Waals surface area contributed by atoms with Gasteiger partial charge in [0.05, 0.1) is 12.3 Å². The van der Waals surface area contributed by atoms with Gasteiger partial charge in [0, 0.05) is 13.1 Å². The van der Waals surface area contributed by atoms with Crippen LogP contribution in [0.5, 0.6) is 0 Å². The lowest BCUT2D eigenvalue weighted by atomic mass is 9.94. The smallest absolute Gasteiger partial charge is 0.317 e. The molecule has 1 unspecified atom stereocenters. The van der Waals surface area contributed by atoms with Crippen LogP contribution in [0.2, 0.25) is 0 Å². The maximum absolute atomic E-state index is 12.4. The van der Waals surface area contributed by atoms with Crippen LogP contribution in [-0.4, -0.2) is 55.7 Å². The average Bonchev–Trinajstić information content (AvgIpc) is 2.36. The first kappa shape index (κ1) is 18.4. The average molecular weight is 320 g/mol. The number of carbonyl (C=O) groups is 1. The highest BCUT2D eigenvalue weighted by Crippen LogP contribution is 2.23. The number of carboxylic acids is 1. The van der Waals surface area contributed by atoms with Gasteiger partial charge in [-0.2, -0.15) is 0 Å². The topological polar surface area (TPSA) is 86.7 Å². The summed E-state index contributed by atoms with van der Waals surface area (Å²) in [6, 6.07) is 0. The number of nitrogens with zero attached hydrogens (tertiary/aromatic N) is 1. The Morgan fingerprint density at radius 2 is 2.05 bits per heavy atom. The third-order valence-corrected chi connectivity index (χ3v) is 5.53. The van der Waals surface area contributed by atoms with Crippen molar-refractivity contribution in [2.75, 3.05) is 31.9 Å². The molecule has 1 saturated heterocycles. The lowest BCUT2D eigenvalue weighted by Gasteiger charge is -2.32. The van der Waals surface area contributed by atoms with Gasteiger partial charge < -0.3 is 10.4 Å². The lowest BCUT2D eigenvalue weighted by Crippen LogP contribution is -2.44. The zero-order chi connectivity index (χ0) is 16.1. The van der Waals surface area contributed by atoms with Crippen LogP contribution >= 0.6 is 0 Å². The number of hydrogen-bond acceptors (Lipinski definition) is 4. The molecular formula is C14H28N2O4S. The summed E-state index contributed by atoms with van der Waals surface area (Å²) in [5.41, 5.74) is 0.00526. The molecule has 1 atom stereocenters. The van der Waals surface area contributed by atoms with Crippen molar-refractivity contribution in [2.24, 2.45) is 11.3 Å². The van der Waals surface area contributed by atoms with Crippen molar-refractivity contribution in [3.05, 3.63) is 0 Å². The highest BCUT2D eigenvalue weighted by Gasteiger charge is 2.29. The summed E-state index contributed by atoms with van der Waals surface area (Å²) >= 11 is 0. The number of carboxylic acid groups (broad SMARTS) is 1. The van der Waals surface area contributed by atoms with Gasteiger partial charge in [0.25, 0.3) is 0 Å². The normalized spacial score (nSPS) is 21.4. The van der Waals surface area contributed by atoms with Crippen molar-refractivity contribution >= 4 is 16.0 Å². The Bertz CT molecular complexity index is 442. The minimum atomic E-state index is -3.20. The van der Waals surface area contributed by atoms with Crippen molar-refractivity contribution in [3.8, 4) is 0 Å². The molecule has 0 aliphatic carbocycles. The summed E-state index contributed by atoms with van der Waals surface area (Å²) in [7, 11) is -3.20. The minimum Gasteiger partial charge on any atom is -0.480 e. The van der Waals surface area contributed by atoms with Crippen LogP contribution in [-0.2, 0) is 14.8 Å². The van der Waals surface area contributed by atoms with Crippen molar-refractivity contribution in [2.45, 2.75) is 40.0 Å². The number of hydrogen-bond donors (Lipinski definition) is 2. The van der Waals surface area contributed by atoms with E-state index < -0.39 is 16.0 Å². The van der Waals surface area contributed by atoms with Crippen LogP contribution in [0.4, 0.5) is 0 Å². The van der Waals surface area contributed by atoms with Gasteiger partial charge in [-0.1, -0.05) is 20.8 Å². The van der Waals surface area contributed by atoms with Crippen LogP contribution < -0.4 is 5.32 Å². The summed E-state index contributed by atoms with van der Waals surface area (Å²) < 4.78 is 26.3. The molecule has 21 heavy (non-hydrogen) atoms. The van der Waals surface area contributed by atoms with Gasteiger partial charge in [0.1, 0.15) is 0 Å². The number of nitrogens with one attached hydrogen (secondary N) is 1. The summed E-state index contributed by atoms with van der Waals surface area (Å²) in [5, 5.41) is 11.5. The van der Waals surface area contributed by atoms with Gasteiger partial charge in [-0.15, -0.1) is 0 Å². The molecule has 1 rings (SSSR count). The van der Waals surface area contributed by atoms with Gasteiger partial charge in [-0.3, -0.25) is 4.79 Å². The number of sulfonamides is 1. The molecule has 2 N–H and O–H groups in total. The Morgan fingerprint density at radius 1 is 1.38 bits per heavy atom. The van der Waals surface area contributed by atoms with E-state index in [-0.39, 0.29) is 23.6 Å². The van der Waals surface area contributed by atoms with Crippen molar-refractivity contribution < 1.29 is 18.3 Å². The highest BCUT2D eigenvalue weighted by atomic mass is 32.2. The van der Waals surface area contributed by atoms with Crippen LogP contribution in [0, 0.1) is 11.3 Å². The fraction of sp³-hybridized carbons (Fsp3) is 0.929. The molecule has 0 saturated carbocycles. The molecular weight excluding hydrogens is 292 g/mol. The van der Waals surface area contributed by atoms with Crippen LogP contribution in [0.1, 0.15) is 40.0 Å². The van der Waals surface area contributed by atoms with E-state index in [1.54, 1.807) is 4.31 Å². The summed E-state index contributed by atoms with van der Waals surface area (Å²) in [6.07, 6.45) is 2.43. The third-order valence-electron chi connectivity index (χ3n) is 3.69. The maximum atomic E-state index is 12.4. The van der Waals surface area contributed by atoms with Crippen LogP contribution in [0.3, 0.4) is 0 Å². The predicted molar refractivity (Wildman–Crippen MR) is 82.7 cm³/mol. The molecule has 0 aromatic heterocycles. The van der Waals surface area contributed by atoms with E-state index in [4.69, 9.17) is 5.11 Å². The van der Waals surface area contributed by atoms with Gasteiger partial charge in [-0.05, 0) is 37.1 Å². The quantitative estimate of drug-likeness (QED) is 0.734. The van der Waals surface area contributed by atoms with Crippen LogP contribution in [0.15, 0.2) is 0 Å². The Morgan fingerprint density at radius 3 is 2.62 bits per heavy atom. The third kappa shape index (κ3) is 7.24. The Labute approximate surface area is 128 Å². The first-order valence-corrected chi connectivity index (χ1v) is 9.11. The highest BCUT2D eigenvalue weighted by molar-refractivity contribution is 7.89. The zero-order valence-corrected chi connectivity index (χ0v) is 14.1. The Hall–Kier alpha value is -0.660. The molecule has 0 spiro atoms. The second-order valence-electron chi connectivity index (χ2n) is 7.02. The molecule has 0 bridgehead atoms. The fourth-order valence-corrected chi connectivity index (χ4v) is 4.37. The minimum absolute atomic E-state index is 0.00526. The van der Waals surface area contributed by atoms with E-state index in [0.29, 0.717) is 26.1 Å².